The van der Waals surface area contributed by atoms with Gasteiger partial charge in [-0.05, 0) is 60.0 Å². The summed E-state index contributed by atoms with van der Waals surface area (Å²) in [5.74, 6) is 0. The molecule has 1 unspecified atom stereocenters. The van der Waals surface area contributed by atoms with Crippen LogP contribution in [0.1, 0.15) is 45.1 Å². The standard InChI is InChI=1S/C16H26N2S/c1-16(2)7-3-8-17-15(16)11-18(14-4-5-14)10-13-6-9-19-12-13/h6,9,12,14-15,17H,3-5,7-8,10-11H2,1-2H3. The Hall–Kier alpha value is -0.380. The van der Waals surface area contributed by atoms with Crippen molar-refractivity contribution in [1.29, 1.82) is 0 Å². The zero-order valence-corrected chi connectivity index (χ0v) is 13.0. The maximum Gasteiger partial charge on any atom is 0.0246 e. The van der Waals surface area contributed by atoms with Crippen LogP contribution in [0.15, 0.2) is 16.8 Å². The number of thiophene rings is 1. The summed E-state index contributed by atoms with van der Waals surface area (Å²) in [6.45, 7) is 8.42. The van der Waals surface area contributed by atoms with Gasteiger partial charge in [0.2, 0.25) is 0 Å². The highest BCUT2D eigenvalue weighted by molar-refractivity contribution is 7.07. The lowest BCUT2D eigenvalue weighted by Gasteiger charge is -2.42. The lowest BCUT2D eigenvalue weighted by Crippen LogP contribution is -2.53. The van der Waals surface area contributed by atoms with Gasteiger partial charge < -0.3 is 5.32 Å². The molecule has 0 aromatic carbocycles. The lowest BCUT2D eigenvalue weighted by atomic mass is 9.77. The number of hydrogen-bond acceptors (Lipinski definition) is 3. The van der Waals surface area contributed by atoms with Crippen molar-refractivity contribution in [1.82, 2.24) is 10.2 Å². The molecule has 106 valence electrons. The van der Waals surface area contributed by atoms with Crippen LogP contribution in [0.5, 0.6) is 0 Å². The number of rotatable bonds is 5. The zero-order chi connectivity index (χ0) is 13.3. The van der Waals surface area contributed by atoms with Gasteiger partial charge in [-0.3, -0.25) is 4.90 Å². The largest absolute Gasteiger partial charge is 0.312 e. The highest BCUT2D eigenvalue weighted by Gasteiger charge is 2.37. The van der Waals surface area contributed by atoms with E-state index >= 15 is 0 Å². The van der Waals surface area contributed by atoms with Gasteiger partial charge in [0.05, 0.1) is 0 Å². The summed E-state index contributed by atoms with van der Waals surface area (Å²) in [5.41, 5.74) is 1.94. The molecule has 1 aromatic heterocycles. The Morgan fingerprint density at radius 3 is 2.89 bits per heavy atom. The quantitative estimate of drug-likeness (QED) is 0.887. The van der Waals surface area contributed by atoms with Crippen molar-refractivity contribution in [2.75, 3.05) is 13.1 Å². The molecule has 0 amide bonds. The molecule has 1 N–H and O–H groups in total. The third-order valence-electron chi connectivity index (χ3n) is 4.78. The minimum atomic E-state index is 0.444. The SMILES string of the molecule is CC1(C)CCCNC1CN(Cc1ccsc1)C1CC1. The molecule has 1 aromatic rings. The predicted molar refractivity (Wildman–Crippen MR) is 82.6 cm³/mol. The van der Waals surface area contributed by atoms with Gasteiger partial charge in [0.25, 0.3) is 0 Å². The van der Waals surface area contributed by atoms with Crippen molar-refractivity contribution in [2.24, 2.45) is 5.41 Å². The molecule has 2 fully saturated rings. The first-order chi connectivity index (χ1) is 9.15. The van der Waals surface area contributed by atoms with Crippen LogP contribution in [-0.4, -0.2) is 30.1 Å². The summed E-state index contributed by atoms with van der Waals surface area (Å²) in [7, 11) is 0. The van der Waals surface area contributed by atoms with Crippen LogP contribution in [0.4, 0.5) is 0 Å². The molecule has 0 radical (unpaired) electrons. The Bertz CT molecular complexity index is 395. The van der Waals surface area contributed by atoms with Gasteiger partial charge >= 0.3 is 0 Å². The molecule has 1 atom stereocenters. The van der Waals surface area contributed by atoms with Gasteiger partial charge in [0, 0.05) is 25.2 Å². The lowest BCUT2D eigenvalue weighted by molar-refractivity contribution is 0.118. The molecule has 19 heavy (non-hydrogen) atoms. The molecule has 1 aliphatic carbocycles. The van der Waals surface area contributed by atoms with E-state index in [1.807, 2.05) is 11.3 Å². The summed E-state index contributed by atoms with van der Waals surface area (Å²) >= 11 is 1.82. The molecule has 3 heteroatoms. The number of nitrogens with one attached hydrogen (secondary N) is 1. The molecular formula is C16H26N2S. The second-order valence-corrected chi connectivity index (χ2v) is 7.67. The molecule has 0 spiro atoms. The van der Waals surface area contributed by atoms with Crippen LogP contribution in [0.3, 0.4) is 0 Å². The fourth-order valence-corrected chi connectivity index (χ4v) is 3.88. The molecular weight excluding hydrogens is 252 g/mol. The highest BCUT2D eigenvalue weighted by Crippen LogP contribution is 2.34. The molecule has 2 nitrogen and oxygen atoms in total. The number of hydrogen-bond donors (Lipinski definition) is 1. The van der Waals surface area contributed by atoms with Crippen molar-refractivity contribution in [3.8, 4) is 0 Å². The first-order valence-electron chi connectivity index (χ1n) is 7.64. The second kappa shape index (κ2) is 5.55. The fourth-order valence-electron chi connectivity index (χ4n) is 3.22. The van der Waals surface area contributed by atoms with Crippen LogP contribution in [0, 0.1) is 5.41 Å². The van der Waals surface area contributed by atoms with Crippen molar-refractivity contribution >= 4 is 11.3 Å². The Balaban J connectivity index is 1.64. The minimum absolute atomic E-state index is 0.444. The Labute approximate surface area is 121 Å². The van der Waals surface area contributed by atoms with E-state index in [0.29, 0.717) is 11.5 Å². The molecule has 3 rings (SSSR count). The molecule has 2 aliphatic rings. The Kier molecular flexibility index (Phi) is 3.97. The monoisotopic (exact) mass is 278 g/mol. The van der Waals surface area contributed by atoms with Gasteiger partial charge in [0.1, 0.15) is 0 Å². The van der Waals surface area contributed by atoms with E-state index in [1.54, 1.807) is 0 Å². The fraction of sp³-hybridized carbons (Fsp3) is 0.750. The van der Waals surface area contributed by atoms with E-state index in [0.717, 1.165) is 12.6 Å². The predicted octanol–water partition coefficient (Wildman–Crippen LogP) is 3.49. The first kappa shape index (κ1) is 13.6. The van der Waals surface area contributed by atoms with Gasteiger partial charge in [-0.25, -0.2) is 0 Å². The van der Waals surface area contributed by atoms with E-state index in [1.165, 1.54) is 44.3 Å². The van der Waals surface area contributed by atoms with Crippen LogP contribution < -0.4 is 5.32 Å². The summed E-state index contributed by atoms with van der Waals surface area (Å²) in [6, 6.07) is 3.78. The number of piperidine rings is 1. The summed E-state index contributed by atoms with van der Waals surface area (Å²) < 4.78 is 0. The topological polar surface area (TPSA) is 15.3 Å². The maximum absolute atomic E-state index is 3.76. The van der Waals surface area contributed by atoms with Crippen molar-refractivity contribution < 1.29 is 0 Å². The minimum Gasteiger partial charge on any atom is -0.312 e. The van der Waals surface area contributed by atoms with E-state index < -0.39 is 0 Å². The van der Waals surface area contributed by atoms with Crippen molar-refractivity contribution in [3.63, 3.8) is 0 Å². The van der Waals surface area contributed by atoms with E-state index in [9.17, 15) is 0 Å². The average molecular weight is 278 g/mol. The molecule has 0 bridgehead atoms. The third kappa shape index (κ3) is 3.39. The van der Waals surface area contributed by atoms with Crippen LogP contribution in [0.2, 0.25) is 0 Å². The second-order valence-electron chi connectivity index (χ2n) is 6.89. The molecule has 1 saturated carbocycles. The zero-order valence-electron chi connectivity index (χ0n) is 12.2. The van der Waals surface area contributed by atoms with Crippen molar-refractivity contribution in [3.05, 3.63) is 22.4 Å². The summed E-state index contributed by atoms with van der Waals surface area (Å²) in [6.07, 6.45) is 5.49. The smallest absolute Gasteiger partial charge is 0.0246 e. The Morgan fingerprint density at radius 1 is 1.42 bits per heavy atom. The first-order valence-corrected chi connectivity index (χ1v) is 8.58. The number of nitrogens with zero attached hydrogens (tertiary/aromatic N) is 1. The summed E-state index contributed by atoms with van der Waals surface area (Å²) in [4.78, 5) is 2.72. The Morgan fingerprint density at radius 2 is 2.26 bits per heavy atom. The van der Waals surface area contributed by atoms with Gasteiger partial charge in [-0.15, -0.1) is 0 Å². The van der Waals surface area contributed by atoms with Crippen molar-refractivity contribution in [2.45, 2.75) is 58.2 Å². The normalized spacial score (nSPS) is 26.8. The molecule has 1 aliphatic heterocycles. The molecule has 2 heterocycles. The van der Waals surface area contributed by atoms with Gasteiger partial charge in [0.15, 0.2) is 0 Å². The van der Waals surface area contributed by atoms with Crippen LogP contribution in [-0.2, 0) is 6.54 Å². The van der Waals surface area contributed by atoms with Gasteiger partial charge in [-0.1, -0.05) is 13.8 Å². The average Bonchev–Trinajstić information content (AvgIpc) is 3.09. The summed E-state index contributed by atoms with van der Waals surface area (Å²) in [5, 5.41) is 8.26. The molecule has 1 saturated heterocycles. The van der Waals surface area contributed by atoms with E-state index in [-0.39, 0.29) is 0 Å². The van der Waals surface area contributed by atoms with E-state index in [2.05, 4.69) is 40.9 Å². The highest BCUT2D eigenvalue weighted by atomic mass is 32.1. The van der Waals surface area contributed by atoms with E-state index in [4.69, 9.17) is 0 Å². The van der Waals surface area contributed by atoms with Crippen LogP contribution in [0.25, 0.3) is 0 Å². The van der Waals surface area contributed by atoms with Crippen LogP contribution >= 0.6 is 11.3 Å². The maximum atomic E-state index is 3.76. The third-order valence-corrected chi connectivity index (χ3v) is 5.51. The van der Waals surface area contributed by atoms with Gasteiger partial charge in [-0.2, -0.15) is 11.3 Å².